The summed E-state index contributed by atoms with van der Waals surface area (Å²) in [6.45, 7) is 4.84. The minimum absolute atomic E-state index is 0.123. The predicted molar refractivity (Wildman–Crippen MR) is 46.8 cm³/mol. The van der Waals surface area contributed by atoms with Gasteiger partial charge in [0.2, 0.25) is 5.79 Å². The summed E-state index contributed by atoms with van der Waals surface area (Å²) in [6.07, 6.45) is -3.97. The van der Waals surface area contributed by atoms with Crippen molar-refractivity contribution in [3.8, 4) is 0 Å². The Morgan fingerprint density at radius 1 is 1.43 bits per heavy atom. The third kappa shape index (κ3) is 1.82. The van der Waals surface area contributed by atoms with E-state index in [0.717, 1.165) is 0 Å². The van der Waals surface area contributed by atoms with Crippen LogP contribution >= 0.6 is 0 Å². The van der Waals surface area contributed by atoms with Crippen LogP contribution in [0.15, 0.2) is 12.7 Å². The van der Waals surface area contributed by atoms with Crippen LogP contribution in [0.2, 0.25) is 0 Å². The van der Waals surface area contributed by atoms with Crippen LogP contribution in [0.4, 0.5) is 0 Å². The standard InChI is InChI=1S/C9H15O5/c1-3-4-9(13)8(12)7(11)6(10)5(2)14-9/h3,5-8,10-12H,1,4H2,2H3/t5-,6-,7+,8-,9-/m1/s1. The highest BCUT2D eigenvalue weighted by atomic mass is 16.7. The van der Waals surface area contributed by atoms with E-state index in [9.17, 15) is 20.4 Å². The van der Waals surface area contributed by atoms with Crippen molar-refractivity contribution in [2.45, 2.75) is 43.5 Å². The van der Waals surface area contributed by atoms with E-state index >= 15 is 0 Å². The Kier molecular flexibility index (Phi) is 3.28. The van der Waals surface area contributed by atoms with Gasteiger partial charge in [0.1, 0.15) is 18.3 Å². The fraction of sp³-hybridized carbons (Fsp3) is 0.778. The van der Waals surface area contributed by atoms with E-state index in [2.05, 4.69) is 6.58 Å². The summed E-state index contributed by atoms with van der Waals surface area (Å²) in [4.78, 5) is 0. The number of rotatable bonds is 2. The largest absolute Gasteiger partial charge is 0.388 e. The van der Waals surface area contributed by atoms with Crippen LogP contribution in [-0.2, 0) is 9.84 Å². The third-order valence-corrected chi connectivity index (χ3v) is 2.42. The van der Waals surface area contributed by atoms with Gasteiger partial charge in [-0.3, -0.25) is 0 Å². The molecule has 0 aromatic rings. The maximum Gasteiger partial charge on any atom is 0.234 e. The minimum Gasteiger partial charge on any atom is -0.388 e. The zero-order chi connectivity index (χ0) is 10.9. The second kappa shape index (κ2) is 3.96. The predicted octanol–water partition coefficient (Wildman–Crippen LogP) is -0.809. The SMILES string of the molecule is C=CC[C@@]1([O])O[C@H](C)[C@@H](O)[C@H](O)[C@H]1O. The fourth-order valence-corrected chi connectivity index (χ4v) is 1.55. The molecule has 3 N–H and O–H groups in total. The summed E-state index contributed by atoms with van der Waals surface area (Å²) in [6, 6.07) is 0. The highest BCUT2D eigenvalue weighted by Crippen LogP contribution is 2.31. The maximum atomic E-state index is 11.8. The van der Waals surface area contributed by atoms with Crippen molar-refractivity contribution in [2.24, 2.45) is 0 Å². The Morgan fingerprint density at radius 3 is 2.50 bits per heavy atom. The Bertz CT molecular complexity index is 219. The van der Waals surface area contributed by atoms with Crippen molar-refractivity contribution in [3.63, 3.8) is 0 Å². The number of ether oxygens (including phenoxy) is 1. The molecule has 1 radical (unpaired) electrons. The van der Waals surface area contributed by atoms with E-state index in [0.29, 0.717) is 0 Å². The second-order valence-electron chi connectivity index (χ2n) is 3.55. The van der Waals surface area contributed by atoms with Crippen molar-refractivity contribution in [1.29, 1.82) is 0 Å². The summed E-state index contributed by atoms with van der Waals surface area (Å²) >= 11 is 0. The molecule has 1 saturated heterocycles. The highest BCUT2D eigenvalue weighted by molar-refractivity contribution is 4.97. The van der Waals surface area contributed by atoms with Crippen LogP contribution in [0.25, 0.3) is 0 Å². The van der Waals surface area contributed by atoms with Gasteiger partial charge in [0.15, 0.2) is 0 Å². The molecule has 5 heteroatoms. The van der Waals surface area contributed by atoms with Gasteiger partial charge in [-0.2, -0.15) is 5.11 Å². The zero-order valence-corrected chi connectivity index (χ0v) is 7.96. The van der Waals surface area contributed by atoms with E-state index in [1.165, 1.54) is 13.0 Å². The van der Waals surface area contributed by atoms with E-state index in [-0.39, 0.29) is 6.42 Å². The molecule has 1 aliphatic heterocycles. The van der Waals surface area contributed by atoms with Crippen molar-refractivity contribution in [3.05, 3.63) is 12.7 Å². The molecule has 5 atom stereocenters. The van der Waals surface area contributed by atoms with E-state index in [1.807, 2.05) is 0 Å². The first-order chi connectivity index (χ1) is 6.42. The molecule has 1 heterocycles. The molecule has 0 aromatic carbocycles. The maximum absolute atomic E-state index is 11.8. The molecule has 0 saturated carbocycles. The lowest BCUT2D eigenvalue weighted by molar-refractivity contribution is -0.362. The fourth-order valence-electron chi connectivity index (χ4n) is 1.55. The number of hydrogen-bond acceptors (Lipinski definition) is 4. The van der Waals surface area contributed by atoms with Gasteiger partial charge in [-0.05, 0) is 6.92 Å². The summed E-state index contributed by atoms with van der Waals surface area (Å²) in [5, 5.41) is 39.9. The molecule has 1 fully saturated rings. The molecule has 5 nitrogen and oxygen atoms in total. The first kappa shape index (κ1) is 11.6. The van der Waals surface area contributed by atoms with E-state index in [1.54, 1.807) is 0 Å². The van der Waals surface area contributed by atoms with Crippen LogP contribution < -0.4 is 0 Å². The van der Waals surface area contributed by atoms with E-state index < -0.39 is 30.2 Å². The van der Waals surface area contributed by atoms with Crippen LogP contribution in [-0.4, -0.2) is 45.5 Å². The minimum atomic E-state index is -2.11. The van der Waals surface area contributed by atoms with Gasteiger partial charge in [0.25, 0.3) is 0 Å². The van der Waals surface area contributed by atoms with Gasteiger partial charge in [0, 0.05) is 6.42 Å². The molecule has 0 aliphatic carbocycles. The zero-order valence-electron chi connectivity index (χ0n) is 7.96. The summed E-state index contributed by atoms with van der Waals surface area (Å²) in [5.41, 5.74) is 0. The van der Waals surface area contributed by atoms with Crippen LogP contribution in [0.3, 0.4) is 0 Å². The van der Waals surface area contributed by atoms with E-state index in [4.69, 9.17) is 4.74 Å². The Balaban J connectivity index is 2.84. The van der Waals surface area contributed by atoms with Gasteiger partial charge in [0.05, 0.1) is 6.10 Å². The molecule has 1 aliphatic rings. The molecule has 0 aromatic heterocycles. The number of aliphatic hydroxyl groups excluding tert-OH is 3. The first-order valence-corrected chi connectivity index (χ1v) is 4.45. The summed E-state index contributed by atoms with van der Waals surface area (Å²) < 4.78 is 4.92. The lowest BCUT2D eigenvalue weighted by Crippen LogP contribution is -2.62. The Labute approximate surface area is 82.3 Å². The first-order valence-electron chi connectivity index (χ1n) is 4.45. The smallest absolute Gasteiger partial charge is 0.234 e. The lowest BCUT2D eigenvalue weighted by atomic mass is 9.91. The average molecular weight is 203 g/mol. The quantitative estimate of drug-likeness (QED) is 0.512. The number of hydrogen-bond donors (Lipinski definition) is 3. The van der Waals surface area contributed by atoms with Crippen molar-refractivity contribution in [1.82, 2.24) is 0 Å². The van der Waals surface area contributed by atoms with Gasteiger partial charge in [-0.15, -0.1) is 6.58 Å². The number of aliphatic hydroxyl groups is 3. The normalized spacial score (nSPS) is 48.9. The van der Waals surface area contributed by atoms with Gasteiger partial charge in [-0.25, -0.2) is 0 Å². The Hall–Kier alpha value is -0.460. The molecule has 0 amide bonds. The molecular weight excluding hydrogens is 188 g/mol. The van der Waals surface area contributed by atoms with Crippen molar-refractivity contribution >= 4 is 0 Å². The Morgan fingerprint density at radius 2 is 2.00 bits per heavy atom. The monoisotopic (exact) mass is 203 g/mol. The van der Waals surface area contributed by atoms with Crippen LogP contribution in [0.5, 0.6) is 0 Å². The second-order valence-corrected chi connectivity index (χ2v) is 3.55. The molecule has 1 rings (SSSR count). The van der Waals surface area contributed by atoms with Gasteiger partial charge < -0.3 is 20.1 Å². The molecule has 0 unspecified atom stereocenters. The molecule has 0 spiro atoms. The topological polar surface area (TPSA) is 89.8 Å². The molecule has 81 valence electrons. The van der Waals surface area contributed by atoms with Gasteiger partial charge in [-0.1, -0.05) is 6.08 Å². The summed E-state index contributed by atoms with van der Waals surface area (Å²) in [7, 11) is 0. The molecule has 0 bridgehead atoms. The molecular formula is C9H15O5. The lowest BCUT2D eigenvalue weighted by Gasteiger charge is -2.43. The van der Waals surface area contributed by atoms with Crippen LogP contribution in [0, 0.1) is 0 Å². The van der Waals surface area contributed by atoms with Crippen LogP contribution in [0.1, 0.15) is 13.3 Å². The van der Waals surface area contributed by atoms with Crippen molar-refractivity contribution in [2.75, 3.05) is 0 Å². The third-order valence-electron chi connectivity index (χ3n) is 2.42. The van der Waals surface area contributed by atoms with Gasteiger partial charge >= 0.3 is 0 Å². The summed E-state index contributed by atoms with van der Waals surface area (Å²) in [5.74, 6) is -2.11. The molecule has 14 heavy (non-hydrogen) atoms. The van der Waals surface area contributed by atoms with Crippen molar-refractivity contribution < 1.29 is 25.2 Å². The average Bonchev–Trinajstić information content (AvgIpc) is 2.12. The highest BCUT2D eigenvalue weighted by Gasteiger charge is 2.51.